The van der Waals surface area contributed by atoms with Crippen molar-refractivity contribution < 1.29 is 18.7 Å². The second kappa shape index (κ2) is 5.21. The minimum Gasteiger partial charge on any atom is -0.468 e. The van der Waals surface area contributed by atoms with E-state index < -0.39 is 23.5 Å². The Kier molecular flexibility index (Phi) is 4.18. The van der Waals surface area contributed by atoms with E-state index in [1.807, 2.05) is 0 Å². The van der Waals surface area contributed by atoms with Crippen LogP contribution < -0.4 is 0 Å². The highest BCUT2D eigenvalue weighted by molar-refractivity contribution is 9.10. The molecule has 3 nitrogen and oxygen atoms in total. The zero-order valence-electron chi connectivity index (χ0n) is 8.79. The molecule has 0 fully saturated rings. The Labute approximate surface area is 101 Å². The lowest BCUT2D eigenvalue weighted by molar-refractivity contribution is -0.143. The van der Waals surface area contributed by atoms with Gasteiger partial charge in [0.05, 0.1) is 7.11 Å². The Morgan fingerprint density at radius 3 is 2.50 bits per heavy atom. The fraction of sp³-hybridized carbons (Fsp3) is 0.273. The summed E-state index contributed by atoms with van der Waals surface area (Å²) in [5.41, 5.74) is 0.143. The summed E-state index contributed by atoms with van der Waals surface area (Å²) in [5.74, 6) is -2.56. The maximum atomic E-state index is 13.0. The van der Waals surface area contributed by atoms with E-state index >= 15 is 0 Å². The van der Waals surface area contributed by atoms with Crippen molar-refractivity contribution in [2.24, 2.45) is 5.92 Å². The molecule has 0 radical (unpaired) electrons. The molecule has 1 unspecified atom stereocenters. The van der Waals surface area contributed by atoms with Crippen LogP contribution in [0.25, 0.3) is 0 Å². The van der Waals surface area contributed by atoms with Crippen molar-refractivity contribution in [2.75, 3.05) is 7.11 Å². The predicted molar refractivity (Wildman–Crippen MR) is 59.6 cm³/mol. The minimum atomic E-state index is -0.932. The quantitative estimate of drug-likeness (QED) is 0.488. The fourth-order valence-electron chi connectivity index (χ4n) is 1.23. The van der Waals surface area contributed by atoms with Crippen LogP contribution in [0, 0.1) is 11.7 Å². The van der Waals surface area contributed by atoms with Gasteiger partial charge in [-0.15, -0.1) is 0 Å². The molecule has 0 aliphatic heterocycles. The molecular formula is C11H10BrFO3. The van der Waals surface area contributed by atoms with Crippen LogP contribution in [0.1, 0.15) is 17.3 Å². The molecule has 16 heavy (non-hydrogen) atoms. The average Bonchev–Trinajstić information content (AvgIpc) is 2.24. The van der Waals surface area contributed by atoms with Crippen molar-refractivity contribution in [3.8, 4) is 0 Å². The van der Waals surface area contributed by atoms with Crippen molar-refractivity contribution in [3.05, 3.63) is 34.1 Å². The number of ether oxygens (including phenoxy) is 1. The number of halogens is 2. The zero-order chi connectivity index (χ0) is 12.3. The first-order valence-electron chi connectivity index (χ1n) is 4.54. The third-order valence-corrected chi connectivity index (χ3v) is 2.55. The number of benzene rings is 1. The standard InChI is InChI=1S/C11H10BrFO3/c1-6(11(15)16-2)10(14)7-3-8(12)5-9(13)4-7/h3-6H,1-2H3. The van der Waals surface area contributed by atoms with Crippen molar-refractivity contribution in [2.45, 2.75) is 6.92 Å². The van der Waals surface area contributed by atoms with E-state index in [-0.39, 0.29) is 5.56 Å². The SMILES string of the molecule is COC(=O)C(C)C(=O)c1cc(F)cc(Br)c1. The van der Waals surface area contributed by atoms with E-state index in [1.165, 1.54) is 26.2 Å². The summed E-state index contributed by atoms with van der Waals surface area (Å²) in [4.78, 5) is 22.9. The molecule has 1 aromatic rings. The lowest BCUT2D eigenvalue weighted by Crippen LogP contribution is -2.22. The monoisotopic (exact) mass is 288 g/mol. The molecule has 5 heteroatoms. The Balaban J connectivity index is 3.00. The molecule has 0 spiro atoms. The number of ketones is 1. The van der Waals surface area contributed by atoms with Gasteiger partial charge in [-0.1, -0.05) is 15.9 Å². The van der Waals surface area contributed by atoms with Gasteiger partial charge < -0.3 is 4.74 Å². The highest BCUT2D eigenvalue weighted by atomic mass is 79.9. The average molecular weight is 289 g/mol. The van der Waals surface area contributed by atoms with Gasteiger partial charge in [-0.2, -0.15) is 0 Å². The van der Waals surface area contributed by atoms with Gasteiger partial charge in [0.1, 0.15) is 11.7 Å². The first-order chi connectivity index (χ1) is 7.45. The summed E-state index contributed by atoms with van der Waals surface area (Å²) in [6.07, 6.45) is 0. The van der Waals surface area contributed by atoms with Crippen LogP contribution in [0.3, 0.4) is 0 Å². The molecule has 0 aromatic heterocycles. The summed E-state index contributed by atoms with van der Waals surface area (Å²) in [5, 5.41) is 0. The molecule has 0 heterocycles. The number of carbonyl (C=O) groups excluding carboxylic acids is 2. The van der Waals surface area contributed by atoms with E-state index in [1.54, 1.807) is 0 Å². The van der Waals surface area contributed by atoms with E-state index in [0.29, 0.717) is 4.47 Å². The Hall–Kier alpha value is -1.23. The van der Waals surface area contributed by atoms with Gasteiger partial charge in [-0.3, -0.25) is 9.59 Å². The van der Waals surface area contributed by atoms with Gasteiger partial charge in [0.15, 0.2) is 5.78 Å². The van der Waals surface area contributed by atoms with Crippen LogP contribution in [-0.4, -0.2) is 18.9 Å². The fourth-order valence-corrected chi connectivity index (χ4v) is 1.70. The van der Waals surface area contributed by atoms with Gasteiger partial charge in [0.2, 0.25) is 0 Å². The third kappa shape index (κ3) is 2.88. The predicted octanol–water partition coefficient (Wildman–Crippen LogP) is 2.58. The smallest absolute Gasteiger partial charge is 0.316 e. The maximum Gasteiger partial charge on any atom is 0.316 e. The van der Waals surface area contributed by atoms with Crippen molar-refractivity contribution in [1.82, 2.24) is 0 Å². The van der Waals surface area contributed by atoms with Crippen LogP contribution in [0.4, 0.5) is 4.39 Å². The van der Waals surface area contributed by atoms with Crippen LogP contribution in [0.2, 0.25) is 0 Å². The van der Waals surface area contributed by atoms with Crippen LogP contribution in [-0.2, 0) is 9.53 Å². The second-order valence-corrected chi connectivity index (χ2v) is 4.18. The van der Waals surface area contributed by atoms with Gasteiger partial charge >= 0.3 is 5.97 Å². The maximum absolute atomic E-state index is 13.0. The molecule has 1 aromatic carbocycles. The Bertz CT molecular complexity index is 411. The number of carbonyl (C=O) groups is 2. The molecule has 0 saturated carbocycles. The Morgan fingerprint density at radius 2 is 2.00 bits per heavy atom. The number of Topliss-reactive ketones (excluding diaryl/α,β-unsaturated/α-hetero) is 1. The summed E-state index contributed by atoms with van der Waals surface area (Å²) >= 11 is 3.08. The lowest BCUT2D eigenvalue weighted by Gasteiger charge is -2.08. The molecule has 0 aliphatic carbocycles. The third-order valence-electron chi connectivity index (χ3n) is 2.10. The number of methoxy groups -OCH3 is 1. The molecule has 0 saturated heterocycles. The lowest BCUT2D eigenvalue weighted by atomic mass is 9.99. The second-order valence-electron chi connectivity index (χ2n) is 3.27. The largest absolute Gasteiger partial charge is 0.468 e. The topological polar surface area (TPSA) is 43.4 Å². The molecule has 0 aliphatic rings. The normalized spacial score (nSPS) is 12.0. The van der Waals surface area contributed by atoms with Gasteiger partial charge in [0, 0.05) is 10.0 Å². The Morgan fingerprint density at radius 1 is 1.38 bits per heavy atom. The number of esters is 1. The van der Waals surface area contributed by atoms with Crippen LogP contribution >= 0.6 is 15.9 Å². The van der Waals surface area contributed by atoms with E-state index in [9.17, 15) is 14.0 Å². The first kappa shape index (κ1) is 12.8. The highest BCUT2D eigenvalue weighted by Gasteiger charge is 2.23. The molecule has 0 amide bonds. The first-order valence-corrected chi connectivity index (χ1v) is 5.33. The molecule has 86 valence electrons. The van der Waals surface area contributed by atoms with E-state index in [4.69, 9.17) is 0 Å². The number of rotatable bonds is 3. The van der Waals surface area contributed by atoms with Crippen molar-refractivity contribution in [1.29, 1.82) is 0 Å². The minimum absolute atomic E-state index is 0.143. The van der Waals surface area contributed by atoms with Crippen LogP contribution in [0.15, 0.2) is 22.7 Å². The zero-order valence-corrected chi connectivity index (χ0v) is 10.4. The van der Waals surface area contributed by atoms with Gasteiger partial charge in [-0.05, 0) is 25.1 Å². The summed E-state index contributed by atoms with van der Waals surface area (Å²) < 4.78 is 17.9. The highest BCUT2D eigenvalue weighted by Crippen LogP contribution is 2.18. The molecule has 1 rings (SSSR count). The van der Waals surface area contributed by atoms with Gasteiger partial charge in [0.25, 0.3) is 0 Å². The molecular weight excluding hydrogens is 279 g/mol. The van der Waals surface area contributed by atoms with Crippen molar-refractivity contribution in [3.63, 3.8) is 0 Å². The van der Waals surface area contributed by atoms with Gasteiger partial charge in [-0.25, -0.2) is 4.39 Å². The van der Waals surface area contributed by atoms with E-state index in [2.05, 4.69) is 20.7 Å². The molecule has 1 atom stereocenters. The van der Waals surface area contributed by atoms with E-state index in [0.717, 1.165) is 6.07 Å². The number of hydrogen-bond donors (Lipinski definition) is 0. The summed E-state index contributed by atoms with van der Waals surface area (Å²) in [6, 6.07) is 3.79. The summed E-state index contributed by atoms with van der Waals surface area (Å²) in [7, 11) is 1.20. The van der Waals surface area contributed by atoms with Crippen LogP contribution in [0.5, 0.6) is 0 Å². The van der Waals surface area contributed by atoms with Crippen molar-refractivity contribution >= 4 is 27.7 Å². The number of hydrogen-bond acceptors (Lipinski definition) is 3. The summed E-state index contributed by atoms with van der Waals surface area (Å²) in [6.45, 7) is 1.42. The molecule has 0 bridgehead atoms. The molecule has 0 N–H and O–H groups in total.